The monoisotopic (exact) mass is 191 g/mol. The van der Waals surface area contributed by atoms with Gasteiger partial charge in [-0.3, -0.25) is 4.90 Å². The fraction of sp³-hybridized carbons (Fsp3) is 0.300. The number of nitrogens with zero attached hydrogens (tertiary/aromatic N) is 1. The molecular weight excluding hydrogens is 178 g/mol. The van der Waals surface area contributed by atoms with Crippen LogP contribution >= 0.6 is 0 Å². The number of carbonyl (C=O) groups excluding carboxylic acids is 1. The molecule has 1 aliphatic heterocycles. The molecule has 3 N–H and O–H groups in total. The molecule has 0 aromatic heterocycles. The third kappa shape index (κ3) is 1.19. The summed E-state index contributed by atoms with van der Waals surface area (Å²) in [5.41, 5.74) is 8.60. The van der Waals surface area contributed by atoms with E-state index in [-0.39, 0.29) is 6.03 Å². The highest BCUT2D eigenvalue weighted by molar-refractivity contribution is 5.95. The quantitative estimate of drug-likeness (QED) is 0.600. The van der Waals surface area contributed by atoms with Crippen molar-refractivity contribution in [2.24, 2.45) is 0 Å². The van der Waals surface area contributed by atoms with Crippen LogP contribution in [0.15, 0.2) is 18.2 Å². The van der Waals surface area contributed by atoms with Crippen molar-refractivity contribution in [2.75, 3.05) is 24.2 Å². The van der Waals surface area contributed by atoms with E-state index >= 15 is 0 Å². The SMILES string of the molecule is CNC(=O)N1CCc2c(N)cccc21. The molecule has 0 saturated carbocycles. The molecule has 74 valence electrons. The van der Waals surface area contributed by atoms with Crippen molar-refractivity contribution in [1.82, 2.24) is 5.32 Å². The lowest BCUT2D eigenvalue weighted by molar-refractivity contribution is 0.248. The normalized spacial score (nSPS) is 13.9. The maximum absolute atomic E-state index is 11.5. The first kappa shape index (κ1) is 8.87. The van der Waals surface area contributed by atoms with Crippen LogP contribution in [0, 0.1) is 0 Å². The number of benzene rings is 1. The molecule has 0 spiro atoms. The van der Waals surface area contributed by atoms with Crippen molar-refractivity contribution in [3.63, 3.8) is 0 Å². The molecule has 0 radical (unpaired) electrons. The van der Waals surface area contributed by atoms with E-state index in [1.54, 1.807) is 11.9 Å². The smallest absolute Gasteiger partial charge is 0.321 e. The lowest BCUT2D eigenvalue weighted by Gasteiger charge is -2.16. The number of hydrogen-bond donors (Lipinski definition) is 2. The predicted octanol–water partition coefficient (Wildman–Crippen LogP) is 0.971. The summed E-state index contributed by atoms with van der Waals surface area (Å²) >= 11 is 0. The molecule has 1 aromatic rings. The number of nitrogens with one attached hydrogen (secondary N) is 1. The number of nitrogens with two attached hydrogens (primary N) is 1. The first-order valence-electron chi connectivity index (χ1n) is 4.60. The van der Waals surface area contributed by atoms with Crippen LogP contribution in [0.5, 0.6) is 0 Å². The zero-order chi connectivity index (χ0) is 10.1. The number of carbonyl (C=O) groups is 1. The molecule has 14 heavy (non-hydrogen) atoms. The largest absolute Gasteiger partial charge is 0.398 e. The van der Waals surface area contributed by atoms with E-state index < -0.39 is 0 Å². The molecule has 4 nitrogen and oxygen atoms in total. The molecule has 0 unspecified atom stereocenters. The van der Waals surface area contributed by atoms with Crippen LogP contribution in [0.1, 0.15) is 5.56 Å². The number of rotatable bonds is 0. The van der Waals surface area contributed by atoms with Crippen molar-refractivity contribution in [3.8, 4) is 0 Å². The van der Waals surface area contributed by atoms with Gasteiger partial charge in [-0.1, -0.05) is 6.07 Å². The van der Waals surface area contributed by atoms with E-state index in [1.807, 2.05) is 18.2 Å². The molecule has 0 bridgehead atoms. The molecule has 0 aliphatic carbocycles. The van der Waals surface area contributed by atoms with Crippen LogP contribution in [0.2, 0.25) is 0 Å². The Balaban J connectivity index is 2.40. The average Bonchev–Trinajstić information content (AvgIpc) is 2.62. The molecule has 1 aliphatic rings. The summed E-state index contributed by atoms with van der Waals surface area (Å²) < 4.78 is 0. The highest BCUT2D eigenvalue weighted by Crippen LogP contribution is 2.31. The van der Waals surface area contributed by atoms with Crippen molar-refractivity contribution >= 4 is 17.4 Å². The van der Waals surface area contributed by atoms with Gasteiger partial charge in [-0.25, -0.2) is 4.79 Å². The molecule has 0 atom stereocenters. The van der Waals surface area contributed by atoms with Gasteiger partial charge >= 0.3 is 6.03 Å². The van der Waals surface area contributed by atoms with Gasteiger partial charge < -0.3 is 11.1 Å². The van der Waals surface area contributed by atoms with Gasteiger partial charge in [0.15, 0.2) is 0 Å². The van der Waals surface area contributed by atoms with Gasteiger partial charge in [0, 0.05) is 24.8 Å². The zero-order valence-corrected chi connectivity index (χ0v) is 8.08. The number of nitrogen functional groups attached to an aromatic ring is 1. The van der Waals surface area contributed by atoms with Crippen LogP contribution < -0.4 is 16.0 Å². The number of hydrogen-bond acceptors (Lipinski definition) is 2. The second-order valence-corrected chi connectivity index (χ2v) is 3.30. The highest BCUT2D eigenvalue weighted by Gasteiger charge is 2.24. The second-order valence-electron chi connectivity index (χ2n) is 3.30. The third-order valence-electron chi connectivity index (χ3n) is 2.52. The fourth-order valence-electron chi connectivity index (χ4n) is 1.81. The Morgan fingerprint density at radius 1 is 1.57 bits per heavy atom. The van der Waals surface area contributed by atoms with Gasteiger partial charge in [0.1, 0.15) is 0 Å². The zero-order valence-electron chi connectivity index (χ0n) is 8.08. The lowest BCUT2D eigenvalue weighted by Crippen LogP contribution is -2.36. The van der Waals surface area contributed by atoms with E-state index in [1.165, 1.54) is 0 Å². The summed E-state index contributed by atoms with van der Waals surface area (Å²) in [6, 6.07) is 5.59. The summed E-state index contributed by atoms with van der Waals surface area (Å²) in [7, 11) is 1.63. The maximum Gasteiger partial charge on any atom is 0.321 e. The number of urea groups is 1. The Morgan fingerprint density at radius 3 is 3.07 bits per heavy atom. The van der Waals surface area contributed by atoms with Gasteiger partial charge in [-0.2, -0.15) is 0 Å². The lowest BCUT2D eigenvalue weighted by atomic mass is 10.1. The third-order valence-corrected chi connectivity index (χ3v) is 2.52. The fourth-order valence-corrected chi connectivity index (χ4v) is 1.81. The van der Waals surface area contributed by atoms with Crippen LogP contribution in [-0.4, -0.2) is 19.6 Å². The molecule has 1 aromatic carbocycles. The summed E-state index contributed by atoms with van der Waals surface area (Å²) in [4.78, 5) is 13.2. The Hall–Kier alpha value is -1.71. The van der Waals surface area contributed by atoms with Crippen LogP contribution in [0.4, 0.5) is 16.2 Å². The van der Waals surface area contributed by atoms with Gasteiger partial charge in [0.05, 0.1) is 5.69 Å². The van der Waals surface area contributed by atoms with E-state index in [2.05, 4.69) is 5.32 Å². The van der Waals surface area contributed by atoms with Crippen molar-refractivity contribution in [3.05, 3.63) is 23.8 Å². The number of amides is 2. The average molecular weight is 191 g/mol. The van der Waals surface area contributed by atoms with Gasteiger partial charge in [-0.05, 0) is 18.6 Å². The topological polar surface area (TPSA) is 58.4 Å². The van der Waals surface area contributed by atoms with Gasteiger partial charge in [0.2, 0.25) is 0 Å². The maximum atomic E-state index is 11.5. The summed E-state index contributed by atoms with van der Waals surface area (Å²) in [5, 5.41) is 2.61. The molecule has 4 heteroatoms. The first-order valence-corrected chi connectivity index (χ1v) is 4.60. The van der Waals surface area contributed by atoms with Crippen LogP contribution in [0.3, 0.4) is 0 Å². The molecule has 0 saturated heterocycles. The number of fused-ring (bicyclic) bond motifs is 1. The summed E-state index contributed by atoms with van der Waals surface area (Å²) in [5.74, 6) is 0. The molecule has 2 rings (SSSR count). The van der Waals surface area contributed by atoms with Crippen LogP contribution in [0.25, 0.3) is 0 Å². The Kier molecular flexibility index (Phi) is 2.04. The van der Waals surface area contributed by atoms with E-state index in [0.717, 1.165) is 23.4 Å². The van der Waals surface area contributed by atoms with E-state index in [0.29, 0.717) is 6.54 Å². The van der Waals surface area contributed by atoms with Crippen LogP contribution in [-0.2, 0) is 6.42 Å². The Labute approximate surface area is 82.7 Å². The minimum atomic E-state index is -0.0747. The second kappa shape index (κ2) is 3.21. The summed E-state index contributed by atoms with van der Waals surface area (Å²) in [6.07, 6.45) is 0.843. The van der Waals surface area contributed by atoms with Crippen molar-refractivity contribution in [1.29, 1.82) is 0 Å². The minimum Gasteiger partial charge on any atom is -0.398 e. The Bertz CT molecular complexity index is 376. The molecular formula is C10H13N3O. The molecule has 2 amide bonds. The Morgan fingerprint density at radius 2 is 2.36 bits per heavy atom. The summed E-state index contributed by atoms with van der Waals surface area (Å²) in [6.45, 7) is 0.712. The predicted molar refractivity (Wildman–Crippen MR) is 56.4 cm³/mol. The van der Waals surface area contributed by atoms with E-state index in [9.17, 15) is 4.79 Å². The standard InChI is InChI=1S/C10H13N3O/c1-12-10(14)13-6-5-7-8(11)3-2-4-9(7)13/h2-4H,5-6,11H2,1H3,(H,12,14). The highest BCUT2D eigenvalue weighted by atomic mass is 16.2. The number of anilines is 2. The first-order chi connectivity index (χ1) is 6.74. The molecule has 1 heterocycles. The van der Waals surface area contributed by atoms with Crippen molar-refractivity contribution in [2.45, 2.75) is 6.42 Å². The van der Waals surface area contributed by atoms with Gasteiger partial charge in [-0.15, -0.1) is 0 Å². The molecule has 0 fully saturated rings. The minimum absolute atomic E-state index is 0.0747. The van der Waals surface area contributed by atoms with Gasteiger partial charge in [0.25, 0.3) is 0 Å². The van der Waals surface area contributed by atoms with Crippen molar-refractivity contribution < 1.29 is 4.79 Å². The van der Waals surface area contributed by atoms with E-state index in [4.69, 9.17) is 5.73 Å².